The zero-order valence-electron chi connectivity index (χ0n) is 12.7. The second-order valence-electron chi connectivity index (χ2n) is 6.27. The van der Waals surface area contributed by atoms with Gasteiger partial charge in [-0.2, -0.15) is 0 Å². The van der Waals surface area contributed by atoms with E-state index >= 15 is 0 Å². The van der Waals surface area contributed by atoms with Gasteiger partial charge in [0.1, 0.15) is 0 Å². The molecule has 1 N–H and O–H groups in total. The molecule has 22 heavy (non-hydrogen) atoms. The van der Waals surface area contributed by atoms with Gasteiger partial charge in [0.05, 0.1) is 16.8 Å². The molecule has 0 fully saturated rings. The molecule has 0 saturated heterocycles. The summed E-state index contributed by atoms with van der Waals surface area (Å²) < 4.78 is 0. The molecule has 1 aliphatic heterocycles. The van der Waals surface area contributed by atoms with Gasteiger partial charge >= 0.3 is 0 Å². The highest BCUT2D eigenvalue weighted by Crippen LogP contribution is 2.51. The zero-order valence-corrected chi connectivity index (χ0v) is 13.5. The number of hydrogen-bond acceptors (Lipinski definition) is 1. The zero-order chi connectivity index (χ0) is 15.1. The van der Waals surface area contributed by atoms with Crippen LogP contribution in [0.15, 0.2) is 54.6 Å². The second-order valence-corrected chi connectivity index (χ2v) is 6.68. The molecule has 2 aromatic rings. The van der Waals surface area contributed by atoms with Crippen LogP contribution in [0, 0.1) is 5.92 Å². The molecule has 0 unspecified atom stereocenters. The quantitative estimate of drug-likeness (QED) is 0.699. The van der Waals surface area contributed by atoms with Crippen LogP contribution in [0.2, 0.25) is 5.02 Å². The Bertz CT molecular complexity index is 717. The first-order valence-corrected chi connectivity index (χ1v) is 8.46. The lowest BCUT2D eigenvalue weighted by Gasteiger charge is -2.38. The van der Waals surface area contributed by atoms with Crippen LogP contribution in [0.4, 0.5) is 5.69 Å². The normalized spacial score (nSPS) is 25.5. The Balaban J connectivity index is 1.76. The minimum atomic E-state index is 0.332. The maximum absolute atomic E-state index is 6.45. The van der Waals surface area contributed by atoms with Crippen molar-refractivity contribution in [2.75, 3.05) is 5.32 Å². The van der Waals surface area contributed by atoms with Crippen molar-refractivity contribution in [3.63, 3.8) is 0 Å². The van der Waals surface area contributed by atoms with Crippen molar-refractivity contribution in [1.29, 1.82) is 0 Å². The lowest BCUT2D eigenvalue weighted by atomic mass is 9.77. The molecule has 2 aromatic carbocycles. The number of allylic oxidation sites excluding steroid dienone is 2. The van der Waals surface area contributed by atoms with Gasteiger partial charge in [-0.3, -0.25) is 0 Å². The molecule has 1 nitrogen and oxygen atoms in total. The predicted molar refractivity (Wildman–Crippen MR) is 93.6 cm³/mol. The number of fused-ring (bicyclic) bond motifs is 3. The number of rotatable bonds is 2. The maximum atomic E-state index is 6.45. The second kappa shape index (κ2) is 5.48. The fourth-order valence-electron chi connectivity index (χ4n) is 3.87. The van der Waals surface area contributed by atoms with Crippen molar-refractivity contribution < 1.29 is 0 Å². The van der Waals surface area contributed by atoms with E-state index in [-0.39, 0.29) is 0 Å². The van der Waals surface area contributed by atoms with Crippen LogP contribution in [0.5, 0.6) is 0 Å². The number of halogens is 1. The molecule has 0 bridgehead atoms. The van der Waals surface area contributed by atoms with E-state index in [1.54, 1.807) is 0 Å². The van der Waals surface area contributed by atoms with Crippen LogP contribution in [-0.2, 0) is 6.42 Å². The SMILES string of the molecule is CCc1ccc([C@@H]2Nc3c(Cl)cccc3[C@@H]3C=CC[C@H]32)cc1. The fourth-order valence-corrected chi connectivity index (χ4v) is 4.11. The third-order valence-corrected chi connectivity index (χ3v) is 5.41. The van der Waals surface area contributed by atoms with Crippen LogP contribution in [-0.4, -0.2) is 0 Å². The highest BCUT2D eigenvalue weighted by atomic mass is 35.5. The van der Waals surface area contributed by atoms with Crippen molar-refractivity contribution in [3.05, 3.63) is 76.3 Å². The first kappa shape index (κ1) is 13.9. The smallest absolute Gasteiger partial charge is 0.0640 e. The Kier molecular flexibility index (Phi) is 3.46. The van der Waals surface area contributed by atoms with Gasteiger partial charge < -0.3 is 5.32 Å². The molecule has 4 rings (SSSR count). The van der Waals surface area contributed by atoms with Crippen LogP contribution >= 0.6 is 11.6 Å². The maximum Gasteiger partial charge on any atom is 0.0640 e. The van der Waals surface area contributed by atoms with E-state index in [1.165, 1.54) is 16.7 Å². The van der Waals surface area contributed by atoms with Crippen LogP contribution in [0.3, 0.4) is 0 Å². The summed E-state index contributed by atoms with van der Waals surface area (Å²) in [5.41, 5.74) is 5.20. The Morgan fingerprint density at radius 1 is 1.14 bits per heavy atom. The van der Waals surface area contributed by atoms with Gasteiger partial charge in [0.15, 0.2) is 0 Å². The molecule has 1 heterocycles. The highest BCUT2D eigenvalue weighted by Gasteiger charge is 2.38. The molecule has 0 aromatic heterocycles. The molecule has 0 saturated carbocycles. The average Bonchev–Trinajstić information content (AvgIpc) is 3.05. The summed E-state index contributed by atoms with van der Waals surface area (Å²) in [5, 5.41) is 4.54. The van der Waals surface area contributed by atoms with Crippen molar-refractivity contribution in [2.24, 2.45) is 5.92 Å². The van der Waals surface area contributed by atoms with Gasteiger partial charge in [0, 0.05) is 5.92 Å². The standard InChI is InChI=1S/C20H20ClN/c1-2-13-9-11-14(12-10-13)19-16-6-3-5-15(16)17-7-4-8-18(21)20(17)22-19/h3-5,7-12,15-16,19,22H,2,6H2,1H3/t15-,16-,19+/m1/s1. The summed E-state index contributed by atoms with van der Waals surface area (Å²) in [6.45, 7) is 2.20. The summed E-state index contributed by atoms with van der Waals surface area (Å²) in [5.74, 6) is 1.06. The van der Waals surface area contributed by atoms with E-state index in [2.05, 4.69) is 60.8 Å². The minimum Gasteiger partial charge on any atom is -0.376 e. The van der Waals surface area contributed by atoms with Gasteiger partial charge in [-0.15, -0.1) is 0 Å². The Labute approximate surface area is 137 Å². The van der Waals surface area contributed by atoms with Crippen molar-refractivity contribution in [1.82, 2.24) is 0 Å². The monoisotopic (exact) mass is 309 g/mol. The predicted octanol–water partition coefficient (Wildman–Crippen LogP) is 5.73. The molecule has 0 amide bonds. The molecule has 0 spiro atoms. The third-order valence-electron chi connectivity index (χ3n) is 5.09. The van der Waals surface area contributed by atoms with Gasteiger partial charge in [0.2, 0.25) is 0 Å². The van der Waals surface area contributed by atoms with Crippen LogP contribution in [0.25, 0.3) is 0 Å². The molecular weight excluding hydrogens is 290 g/mol. The Hall–Kier alpha value is -1.73. The van der Waals surface area contributed by atoms with Gasteiger partial charge in [-0.25, -0.2) is 0 Å². The number of benzene rings is 2. The van der Waals surface area contributed by atoms with E-state index < -0.39 is 0 Å². The van der Waals surface area contributed by atoms with Gasteiger partial charge in [-0.1, -0.05) is 67.1 Å². The summed E-state index contributed by atoms with van der Waals surface area (Å²) in [4.78, 5) is 0. The Morgan fingerprint density at radius 3 is 2.73 bits per heavy atom. The summed E-state index contributed by atoms with van der Waals surface area (Å²) in [7, 11) is 0. The van der Waals surface area contributed by atoms with Crippen molar-refractivity contribution in [3.8, 4) is 0 Å². The van der Waals surface area contributed by atoms with E-state index in [4.69, 9.17) is 11.6 Å². The molecule has 0 radical (unpaired) electrons. The topological polar surface area (TPSA) is 12.0 Å². The summed E-state index contributed by atoms with van der Waals surface area (Å²) in [6.07, 6.45) is 6.89. The highest BCUT2D eigenvalue weighted by molar-refractivity contribution is 6.33. The molecule has 1 aliphatic carbocycles. The number of nitrogens with one attached hydrogen (secondary N) is 1. The Morgan fingerprint density at radius 2 is 1.95 bits per heavy atom. The van der Waals surface area contributed by atoms with E-state index in [0.29, 0.717) is 17.9 Å². The van der Waals surface area contributed by atoms with E-state index in [1.807, 2.05) is 6.07 Å². The molecule has 3 atom stereocenters. The molecule has 2 heteroatoms. The third kappa shape index (κ3) is 2.16. The summed E-state index contributed by atoms with van der Waals surface area (Å²) >= 11 is 6.45. The average molecular weight is 310 g/mol. The first-order chi connectivity index (χ1) is 10.8. The number of hydrogen-bond donors (Lipinski definition) is 1. The number of aryl methyl sites for hydroxylation is 1. The van der Waals surface area contributed by atoms with Gasteiger partial charge in [-0.05, 0) is 41.5 Å². The number of para-hydroxylation sites is 1. The lowest BCUT2D eigenvalue weighted by Crippen LogP contribution is -2.29. The first-order valence-electron chi connectivity index (χ1n) is 8.08. The largest absolute Gasteiger partial charge is 0.376 e. The molecule has 112 valence electrons. The van der Waals surface area contributed by atoms with E-state index in [9.17, 15) is 0 Å². The van der Waals surface area contributed by atoms with Crippen molar-refractivity contribution >= 4 is 17.3 Å². The lowest BCUT2D eigenvalue weighted by molar-refractivity contribution is 0.425. The van der Waals surface area contributed by atoms with E-state index in [0.717, 1.165) is 23.6 Å². The van der Waals surface area contributed by atoms with Crippen LogP contribution < -0.4 is 5.32 Å². The fraction of sp³-hybridized carbons (Fsp3) is 0.300. The van der Waals surface area contributed by atoms with Crippen molar-refractivity contribution in [2.45, 2.75) is 31.7 Å². The van der Waals surface area contributed by atoms with Gasteiger partial charge in [0.25, 0.3) is 0 Å². The minimum absolute atomic E-state index is 0.332. The van der Waals surface area contributed by atoms with Crippen LogP contribution in [0.1, 0.15) is 42.0 Å². The molecular formula is C20H20ClN. The number of anilines is 1. The molecule has 2 aliphatic rings. The summed E-state index contributed by atoms with van der Waals surface area (Å²) in [6, 6.07) is 15.6.